The van der Waals surface area contributed by atoms with Crippen LogP contribution in [-0.4, -0.2) is 19.6 Å². The number of carbonyl (C=O) groups excluding carboxylic acids is 1. The second-order valence-corrected chi connectivity index (χ2v) is 5.34. The maximum atomic E-state index is 12.3. The number of halogens is 3. The fraction of sp³-hybridized carbons (Fsp3) is 0.167. The zero-order chi connectivity index (χ0) is 18.2. The number of benzene rings is 2. The Kier molecular flexibility index (Phi) is 6.77. The molecule has 0 aliphatic rings. The van der Waals surface area contributed by atoms with Crippen LogP contribution in [-0.2, 0) is 11.3 Å². The fourth-order valence-corrected chi connectivity index (χ4v) is 2.24. The number of carbonyl (C=O) groups is 1. The second-order valence-electron chi connectivity index (χ2n) is 4.93. The third-order valence-corrected chi connectivity index (χ3v) is 3.61. The highest BCUT2D eigenvalue weighted by molar-refractivity contribution is 6.31. The number of alkyl halides is 2. The Labute approximate surface area is 149 Å². The van der Waals surface area contributed by atoms with Gasteiger partial charge in [-0.1, -0.05) is 35.9 Å². The summed E-state index contributed by atoms with van der Waals surface area (Å²) in [5.41, 5.74) is 1.41. The van der Waals surface area contributed by atoms with Crippen molar-refractivity contribution in [2.24, 2.45) is 0 Å². The molecule has 0 fully saturated rings. The summed E-state index contributed by atoms with van der Waals surface area (Å²) >= 11 is 6.02. The SMILES string of the molecule is COc1cc(C=CC(=O)NCc2ccccc2Cl)ccc1OC(F)F. The highest BCUT2D eigenvalue weighted by atomic mass is 35.5. The summed E-state index contributed by atoms with van der Waals surface area (Å²) < 4.78 is 33.9. The molecular weight excluding hydrogens is 352 g/mol. The molecule has 7 heteroatoms. The highest BCUT2D eigenvalue weighted by Gasteiger charge is 2.10. The molecule has 0 aliphatic heterocycles. The molecule has 0 bridgehead atoms. The molecule has 0 aliphatic carbocycles. The van der Waals surface area contributed by atoms with Crippen molar-refractivity contribution in [2.75, 3.05) is 7.11 Å². The smallest absolute Gasteiger partial charge is 0.387 e. The monoisotopic (exact) mass is 367 g/mol. The molecule has 0 saturated carbocycles. The van der Waals surface area contributed by atoms with Crippen molar-refractivity contribution >= 4 is 23.6 Å². The van der Waals surface area contributed by atoms with Crippen LogP contribution in [0.3, 0.4) is 0 Å². The van der Waals surface area contributed by atoms with Gasteiger partial charge in [-0.05, 0) is 35.4 Å². The van der Waals surface area contributed by atoms with Gasteiger partial charge in [0.1, 0.15) is 0 Å². The molecule has 4 nitrogen and oxygen atoms in total. The van der Waals surface area contributed by atoms with E-state index in [2.05, 4.69) is 10.1 Å². The van der Waals surface area contributed by atoms with E-state index in [4.69, 9.17) is 16.3 Å². The molecule has 2 aromatic carbocycles. The van der Waals surface area contributed by atoms with Crippen LogP contribution in [0, 0.1) is 0 Å². The van der Waals surface area contributed by atoms with E-state index in [1.54, 1.807) is 6.07 Å². The van der Waals surface area contributed by atoms with Gasteiger partial charge >= 0.3 is 6.61 Å². The van der Waals surface area contributed by atoms with Crippen LogP contribution in [0.4, 0.5) is 8.78 Å². The van der Waals surface area contributed by atoms with E-state index in [9.17, 15) is 13.6 Å². The van der Waals surface area contributed by atoms with Crippen molar-refractivity contribution in [1.29, 1.82) is 0 Å². The summed E-state index contributed by atoms with van der Waals surface area (Å²) in [5, 5.41) is 3.29. The summed E-state index contributed by atoms with van der Waals surface area (Å²) in [6, 6.07) is 11.6. The lowest BCUT2D eigenvalue weighted by molar-refractivity contribution is -0.116. The Morgan fingerprint density at radius 3 is 2.68 bits per heavy atom. The maximum absolute atomic E-state index is 12.3. The van der Waals surface area contributed by atoms with Crippen molar-refractivity contribution in [1.82, 2.24) is 5.32 Å². The average Bonchev–Trinajstić information content (AvgIpc) is 2.59. The molecule has 2 rings (SSSR count). The lowest BCUT2D eigenvalue weighted by atomic mass is 10.2. The van der Waals surface area contributed by atoms with Gasteiger partial charge in [0, 0.05) is 17.6 Å². The quantitative estimate of drug-likeness (QED) is 0.743. The molecule has 0 radical (unpaired) electrons. The Hall–Kier alpha value is -2.60. The average molecular weight is 368 g/mol. The first-order valence-corrected chi connectivity index (χ1v) is 7.69. The van der Waals surface area contributed by atoms with Crippen molar-refractivity contribution < 1.29 is 23.0 Å². The number of ether oxygens (including phenoxy) is 2. The summed E-state index contributed by atoms with van der Waals surface area (Å²) in [5.74, 6) is -0.233. The van der Waals surface area contributed by atoms with Crippen molar-refractivity contribution in [3.05, 3.63) is 64.7 Å². The molecular formula is C18H16ClF2NO3. The molecule has 0 saturated heterocycles. The first-order valence-electron chi connectivity index (χ1n) is 7.31. The Morgan fingerprint density at radius 2 is 2.00 bits per heavy atom. The molecule has 0 atom stereocenters. The fourth-order valence-electron chi connectivity index (χ4n) is 2.04. The topological polar surface area (TPSA) is 47.6 Å². The highest BCUT2D eigenvalue weighted by Crippen LogP contribution is 2.29. The van der Waals surface area contributed by atoms with Crippen molar-refractivity contribution in [2.45, 2.75) is 13.2 Å². The van der Waals surface area contributed by atoms with Crippen LogP contribution < -0.4 is 14.8 Å². The van der Waals surface area contributed by atoms with Crippen LogP contribution in [0.25, 0.3) is 6.08 Å². The largest absolute Gasteiger partial charge is 0.493 e. The third kappa shape index (κ3) is 5.76. The van der Waals surface area contributed by atoms with E-state index in [-0.39, 0.29) is 17.4 Å². The lowest BCUT2D eigenvalue weighted by Gasteiger charge is -2.10. The van der Waals surface area contributed by atoms with Gasteiger partial charge in [0.25, 0.3) is 0 Å². The second kappa shape index (κ2) is 9.03. The van der Waals surface area contributed by atoms with Crippen LogP contribution >= 0.6 is 11.6 Å². The molecule has 0 spiro atoms. The van der Waals surface area contributed by atoms with Crippen LogP contribution in [0.2, 0.25) is 5.02 Å². The number of methoxy groups -OCH3 is 1. The summed E-state index contributed by atoms with van der Waals surface area (Å²) in [6.45, 7) is -2.64. The summed E-state index contributed by atoms with van der Waals surface area (Å²) in [7, 11) is 1.34. The Bertz CT molecular complexity index is 766. The number of hydrogen-bond donors (Lipinski definition) is 1. The standard InChI is InChI=1S/C18H16ClF2NO3/c1-24-16-10-12(6-8-15(16)25-18(20)21)7-9-17(23)22-11-13-4-2-3-5-14(13)19/h2-10,18H,11H2,1H3,(H,22,23). The zero-order valence-electron chi connectivity index (χ0n) is 13.3. The number of nitrogens with one attached hydrogen (secondary N) is 1. The molecule has 0 heterocycles. The molecule has 2 aromatic rings. The van der Waals surface area contributed by atoms with E-state index in [0.29, 0.717) is 17.1 Å². The van der Waals surface area contributed by atoms with Gasteiger partial charge in [-0.15, -0.1) is 0 Å². The minimum atomic E-state index is -2.94. The summed E-state index contributed by atoms with van der Waals surface area (Å²) in [6.07, 6.45) is 2.87. The lowest BCUT2D eigenvalue weighted by Crippen LogP contribution is -2.20. The van der Waals surface area contributed by atoms with Crippen molar-refractivity contribution in [3.8, 4) is 11.5 Å². The zero-order valence-corrected chi connectivity index (χ0v) is 14.1. The molecule has 132 valence electrons. The molecule has 0 aromatic heterocycles. The van der Waals surface area contributed by atoms with E-state index in [0.717, 1.165) is 5.56 Å². The van der Waals surface area contributed by atoms with Crippen LogP contribution in [0.15, 0.2) is 48.5 Å². The van der Waals surface area contributed by atoms with E-state index < -0.39 is 6.61 Å². The van der Waals surface area contributed by atoms with E-state index in [1.165, 1.54) is 37.5 Å². The van der Waals surface area contributed by atoms with Gasteiger partial charge in [0.05, 0.1) is 7.11 Å². The number of amides is 1. The van der Waals surface area contributed by atoms with Gasteiger partial charge in [-0.25, -0.2) is 0 Å². The predicted molar refractivity (Wildman–Crippen MR) is 92.0 cm³/mol. The van der Waals surface area contributed by atoms with Gasteiger partial charge in [-0.3, -0.25) is 4.79 Å². The number of rotatable bonds is 7. The normalized spacial score (nSPS) is 10.9. The van der Waals surface area contributed by atoms with Crippen LogP contribution in [0.1, 0.15) is 11.1 Å². The molecule has 1 N–H and O–H groups in total. The third-order valence-electron chi connectivity index (χ3n) is 3.24. The predicted octanol–water partition coefficient (Wildman–Crippen LogP) is 4.28. The maximum Gasteiger partial charge on any atom is 0.387 e. The Morgan fingerprint density at radius 1 is 1.24 bits per heavy atom. The van der Waals surface area contributed by atoms with Crippen molar-refractivity contribution in [3.63, 3.8) is 0 Å². The minimum absolute atomic E-state index is 0.0715. The molecule has 1 amide bonds. The first kappa shape index (κ1) is 18.7. The first-order chi connectivity index (χ1) is 12.0. The molecule has 0 unspecified atom stereocenters. The van der Waals surface area contributed by atoms with E-state index >= 15 is 0 Å². The number of hydrogen-bond acceptors (Lipinski definition) is 3. The van der Waals surface area contributed by atoms with E-state index in [1.807, 2.05) is 18.2 Å². The van der Waals surface area contributed by atoms with Gasteiger partial charge < -0.3 is 14.8 Å². The van der Waals surface area contributed by atoms with Gasteiger partial charge in [0.2, 0.25) is 5.91 Å². The van der Waals surface area contributed by atoms with Gasteiger partial charge in [0.15, 0.2) is 11.5 Å². The van der Waals surface area contributed by atoms with Gasteiger partial charge in [-0.2, -0.15) is 8.78 Å². The summed E-state index contributed by atoms with van der Waals surface area (Å²) in [4.78, 5) is 11.9. The minimum Gasteiger partial charge on any atom is -0.493 e. The van der Waals surface area contributed by atoms with Crippen LogP contribution in [0.5, 0.6) is 11.5 Å². The Balaban J connectivity index is 1.98. The molecule has 25 heavy (non-hydrogen) atoms.